The van der Waals surface area contributed by atoms with Gasteiger partial charge in [-0.15, -0.1) is 0 Å². The summed E-state index contributed by atoms with van der Waals surface area (Å²) in [5.41, 5.74) is 0. The van der Waals surface area contributed by atoms with Crippen LogP contribution >= 0.6 is 0 Å². The Morgan fingerprint density at radius 1 is 0.810 bits per heavy atom. The lowest BCUT2D eigenvalue weighted by molar-refractivity contribution is -0.137. The predicted octanol–water partition coefficient (Wildman–Crippen LogP) is 4.89. The number of carbonyl (C=O) groups is 1. The van der Waals surface area contributed by atoms with Crippen molar-refractivity contribution in [2.75, 3.05) is 6.54 Å². The highest BCUT2D eigenvalue weighted by atomic mass is 16.4. The number of hydrogen-bond donors (Lipinski definition) is 2. The van der Waals surface area contributed by atoms with Gasteiger partial charge in [-0.05, 0) is 32.2 Å². The predicted molar refractivity (Wildman–Crippen MR) is 88.7 cm³/mol. The van der Waals surface area contributed by atoms with E-state index in [2.05, 4.69) is 5.32 Å². The van der Waals surface area contributed by atoms with Gasteiger partial charge < -0.3 is 10.4 Å². The van der Waals surface area contributed by atoms with Gasteiger partial charge in [0.2, 0.25) is 0 Å². The Morgan fingerprint density at radius 3 is 1.90 bits per heavy atom. The molecule has 0 aliphatic heterocycles. The van der Waals surface area contributed by atoms with Crippen molar-refractivity contribution in [3.8, 4) is 0 Å². The third kappa shape index (κ3) is 11.7. The van der Waals surface area contributed by atoms with E-state index in [0.717, 1.165) is 18.9 Å². The van der Waals surface area contributed by atoms with Gasteiger partial charge in [0.15, 0.2) is 0 Å². The van der Waals surface area contributed by atoms with Crippen LogP contribution in [0.4, 0.5) is 0 Å². The van der Waals surface area contributed by atoms with Crippen LogP contribution in [-0.4, -0.2) is 23.7 Å². The van der Waals surface area contributed by atoms with E-state index in [1.807, 2.05) is 0 Å². The fourth-order valence-corrected chi connectivity index (χ4v) is 3.25. The zero-order valence-electron chi connectivity index (χ0n) is 13.7. The second-order valence-electron chi connectivity index (χ2n) is 6.61. The SMILES string of the molecule is O=C(O)CCCCCCCCCCCNC1CCCCC1. The van der Waals surface area contributed by atoms with Crippen LogP contribution in [0.25, 0.3) is 0 Å². The van der Waals surface area contributed by atoms with Crippen molar-refractivity contribution < 1.29 is 9.90 Å². The number of carboxylic acids is 1. The zero-order chi connectivity index (χ0) is 15.2. The van der Waals surface area contributed by atoms with Crippen molar-refractivity contribution in [2.24, 2.45) is 0 Å². The van der Waals surface area contributed by atoms with Crippen LogP contribution < -0.4 is 5.32 Å². The summed E-state index contributed by atoms with van der Waals surface area (Å²) in [6.45, 7) is 1.21. The quantitative estimate of drug-likeness (QED) is 0.476. The second-order valence-corrected chi connectivity index (χ2v) is 6.61. The largest absolute Gasteiger partial charge is 0.481 e. The Morgan fingerprint density at radius 2 is 1.33 bits per heavy atom. The summed E-state index contributed by atoms with van der Waals surface area (Å²) in [5.74, 6) is -0.656. The highest BCUT2D eigenvalue weighted by Gasteiger charge is 2.11. The molecule has 3 heteroatoms. The van der Waals surface area contributed by atoms with Crippen LogP contribution in [-0.2, 0) is 4.79 Å². The van der Waals surface area contributed by atoms with Gasteiger partial charge in [-0.1, -0.05) is 64.2 Å². The molecule has 2 N–H and O–H groups in total. The molecule has 1 aliphatic carbocycles. The molecule has 1 fully saturated rings. The molecule has 1 aliphatic rings. The minimum atomic E-state index is -0.656. The first kappa shape index (κ1) is 18.5. The van der Waals surface area contributed by atoms with Crippen molar-refractivity contribution >= 4 is 5.97 Å². The molecule has 0 spiro atoms. The van der Waals surface area contributed by atoms with Gasteiger partial charge in [0, 0.05) is 12.5 Å². The molecule has 1 saturated carbocycles. The fourth-order valence-electron chi connectivity index (χ4n) is 3.25. The lowest BCUT2D eigenvalue weighted by Gasteiger charge is -2.22. The molecule has 3 nitrogen and oxygen atoms in total. The van der Waals surface area contributed by atoms with Crippen molar-refractivity contribution in [3.05, 3.63) is 0 Å². The molecule has 0 bridgehead atoms. The van der Waals surface area contributed by atoms with E-state index in [1.165, 1.54) is 83.6 Å². The number of carboxylic acid groups (broad SMARTS) is 1. The molecule has 0 aromatic carbocycles. The molecule has 0 aromatic rings. The first-order valence-corrected chi connectivity index (χ1v) is 9.24. The Kier molecular flexibility index (Phi) is 11.5. The van der Waals surface area contributed by atoms with E-state index in [-0.39, 0.29) is 0 Å². The van der Waals surface area contributed by atoms with Crippen LogP contribution in [0, 0.1) is 0 Å². The molecule has 0 heterocycles. The van der Waals surface area contributed by atoms with E-state index in [4.69, 9.17) is 5.11 Å². The first-order chi connectivity index (χ1) is 10.3. The van der Waals surface area contributed by atoms with Gasteiger partial charge in [-0.25, -0.2) is 0 Å². The smallest absolute Gasteiger partial charge is 0.303 e. The Labute approximate surface area is 130 Å². The van der Waals surface area contributed by atoms with Gasteiger partial charge in [0.05, 0.1) is 0 Å². The third-order valence-corrected chi connectivity index (χ3v) is 4.61. The van der Waals surface area contributed by atoms with Gasteiger partial charge >= 0.3 is 5.97 Å². The minimum Gasteiger partial charge on any atom is -0.481 e. The summed E-state index contributed by atoms with van der Waals surface area (Å²) in [4.78, 5) is 10.4. The van der Waals surface area contributed by atoms with Gasteiger partial charge in [-0.3, -0.25) is 4.79 Å². The number of hydrogen-bond acceptors (Lipinski definition) is 2. The lowest BCUT2D eigenvalue weighted by atomic mass is 9.95. The van der Waals surface area contributed by atoms with Gasteiger partial charge in [0.1, 0.15) is 0 Å². The maximum absolute atomic E-state index is 10.4. The van der Waals surface area contributed by atoms with E-state index in [9.17, 15) is 4.79 Å². The second kappa shape index (κ2) is 13.1. The fraction of sp³-hybridized carbons (Fsp3) is 0.944. The highest BCUT2D eigenvalue weighted by Crippen LogP contribution is 2.17. The van der Waals surface area contributed by atoms with E-state index in [0.29, 0.717) is 6.42 Å². The van der Waals surface area contributed by atoms with Crippen LogP contribution in [0.5, 0.6) is 0 Å². The lowest BCUT2D eigenvalue weighted by Crippen LogP contribution is -2.31. The molecule has 1 rings (SSSR count). The topological polar surface area (TPSA) is 49.3 Å². The number of nitrogens with one attached hydrogen (secondary N) is 1. The number of rotatable bonds is 13. The normalized spacial score (nSPS) is 16.2. The van der Waals surface area contributed by atoms with Crippen LogP contribution in [0.2, 0.25) is 0 Å². The van der Waals surface area contributed by atoms with Gasteiger partial charge in [0.25, 0.3) is 0 Å². The molecule has 0 unspecified atom stereocenters. The molecule has 0 atom stereocenters. The molecule has 124 valence electrons. The van der Waals surface area contributed by atoms with Crippen molar-refractivity contribution in [1.82, 2.24) is 5.32 Å². The Balaban J connectivity index is 1.71. The summed E-state index contributed by atoms with van der Waals surface area (Å²) >= 11 is 0. The molecule has 0 radical (unpaired) electrons. The zero-order valence-corrected chi connectivity index (χ0v) is 13.7. The van der Waals surface area contributed by atoms with Crippen LogP contribution in [0.15, 0.2) is 0 Å². The molecular weight excluding hydrogens is 262 g/mol. The van der Waals surface area contributed by atoms with E-state index in [1.54, 1.807) is 0 Å². The summed E-state index contributed by atoms with van der Waals surface area (Å²) in [6.07, 6.45) is 18.5. The number of unbranched alkanes of at least 4 members (excludes halogenated alkanes) is 8. The monoisotopic (exact) mass is 297 g/mol. The summed E-state index contributed by atoms with van der Waals surface area (Å²) in [7, 11) is 0. The molecule has 0 aromatic heterocycles. The highest BCUT2D eigenvalue weighted by molar-refractivity contribution is 5.66. The molecular formula is C18H35NO2. The van der Waals surface area contributed by atoms with Crippen molar-refractivity contribution in [2.45, 2.75) is 102 Å². The van der Waals surface area contributed by atoms with E-state index < -0.39 is 5.97 Å². The summed E-state index contributed by atoms with van der Waals surface area (Å²) < 4.78 is 0. The summed E-state index contributed by atoms with van der Waals surface area (Å²) in [6, 6.07) is 0.810. The minimum absolute atomic E-state index is 0.341. The Hall–Kier alpha value is -0.570. The third-order valence-electron chi connectivity index (χ3n) is 4.61. The Bertz CT molecular complexity index is 250. The molecule has 0 saturated heterocycles. The molecule has 0 amide bonds. The number of aliphatic carboxylic acids is 1. The van der Waals surface area contributed by atoms with Crippen molar-refractivity contribution in [3.63, 3.8) is 0 Å². The maximum atomic E-state index is 10.4. The van der Waals surface area contributed by atoms with Gasteiger partial charge in [-0.2, -0.15) is 0 Å². The van der Waals surface area contributed by atoms with Crippen molar-refractivity contribution in [1.29, 1.82) is 0 Å². The van der Waals surface area contributed by atoms with E-state index >= 15 is 0 Å². The average Bonchev–Trinajstić information content (AvgIpc) is 2.49. The van der Waals surface area contributed by atoms with Crippen LogP contribution in [0.1, 0.15) is 96.3 Å². The average molecular weight is 297 g/mol. The molecule has 21 heavy (non-hydrogen) atoms. The summed E-state index contributed by atoms with van der Waals surface area (Å²) in [5, 5.41) is 12.2. The van der Waals surface area contributed by atoms with Crippen LogP contribution in [0.3, 0.4) is 0 Å². The first-order valence-electron chi connectivity index (χ1n) is 9.24. The maximum Gasteiger partial charge on any atom is 0.303 e. The standard InChI is InChI=1S/C18H35NO2/c20-18(21)15-11-6-4-2-1-3-5-7-12-16-19-17-13-9-8-10-14-17/h17,19H,1-16H2,(H,20,21).